The van der Waals surface area contributed by atoms with Crippen LogP contribution in [0.15, 0.2) is 288 Å². The third-order valence-corrected chi connectivity index (χ3v) is 18.3. The van der Waals surface area contributed by atoms with Gasteiger partial charge in [0.1, 0.15) is 22.3 Å². The molecule has 0 saturated heterocycles. The lowest BCUT2D eigenvalue weighted by Gasteiger charge is -2.18. The number of nitrogens with zero attached hydrogens (tertiary/aromatic N) is 8. The molecule has 5 aromatic heterocycles. The second-order valence-corrected chi connectivity index (χ2v) is 23.6. The topological polar surface area (TPSA) is 146 Å². The molecule has 0 aliphatic rings. The van der Waals surface area contributed by atoms with Gasteiger partial charge in [0, 0.05) is 49.0 Å². The zero-order chi connectivity index (χ0) is 62.5. The maximum Gasteiger partial charge on any atom is 0.166 e. The molecule has 5 heterocycles. The molecule has 0 atom stereocenters. The lowest BCUT2D eigenvalue weighted by molar-refractivity contribution is 0.672. The summed E-state index contributed by atoms with van der Waals surface area (Å²) in [6.07, 6.45) is 0. The van der Waals surface area contributed by atoms with Gasteiger partial charge in [0.05, 0.1) is 79.1 Å². The van der Waals surface area contributed by atoms with Gasteiger partial charge in [-0.25, -0.2) is 15.0 Å². The van der Waals surface area contributed by atoms with E-state index in [-0.39, 0.29) is 0 Å². The molecule has 0 aliphatic heterocycles. The Balaban J connectivity index is 0.947. The Hall–Kier alpha value is -13.5. The highest BCUT2D eigenvalue weighted by atomic mass is 16.3. The van der Waals surface area contributed by atoms with Crippen LogP contribution in [-0.2, 0) is 0 Å². The van der Waals surface area contributed by atoms with E-state index in [1.54, 1.807) is 6.07 Å². The number of fused-ring (bicyclic) bond motifs is 14. The summed E-state index contributed by atoms with van der Waals surface area (Å²) in [7, 11) is 0. The van der Waals surface area contributed by atoms with Crippen LogP contribution in [0.25, 0.3) is 178 Å². The summed E-state index contributed by atoms with van der Waals surface area (Å²) in [5, 5.41) is 38.8. The van der Waals surface area contributed by atoms with E-state index in [9.17, 15) is 15.8 Å². The third-order valence-electron chi connectivity index (χ3n) is 18.3. The maximum atomic E-state index is 10.4. The fourth-order valence-electron chi connectivity index (χ4n) is 13.9. The number of aromatic nitrogens is 5. The molecule has 0 radical (unpaired) electrons. The predicted molar refractivity (Wildman–Crippen MR) is 375 cm³/mol. The van der Waals surface area contributed by atoms with E-state index < -0.39 is 0 Å². The van der Waals surface area contributed by atoms with Gasteiger partial charge in [-0.1, -0.05) is 158 Å². The maximum absolute atomic E-state index is 10.4. The van der Waals surface area contributed by atoms with E-state index >= 15 is 0 Å². The van der Waals surface area contributed by atoms with E-state index in [4.69, 9.17) is 23.8 Å². The van der Waals surface area contributed by atoms with Crippen molar-refractivity contribution in [3.63, 3.8) is 0 Å². The van der Waals surface area contributed by atoms with Crippen LogP contribution >= 0.6 is 0 Å². The number of hydrogen-bond donors (Lipinski definition) is 0. The van der Waals surface area contributed by atoms with E-state index in [1.807, 2.05) is 115 Å². The first kappa shape index (κ1) is 53.6. The van der Waals surface area contributed by atoms with Crippen molar-refractivity contribution in [2.75, 3.05) is 0 Å². The smallest absolute Gasteiger partial charge is 0.166 e. The van der Waals surface area contributed by atoms with Gasteiger partial charge >= 0.3 is 0 Å². The molecule has 0 aliphatic carbocycles. The number of para-hydroxylation sites is 2. The molecule has 10 heteroatoms. The summed E-state index contributed by atoms with van der Waals surface area (Å²) in [5.41, 5.74) is 19.5. The molecule has 0 saturated carbocycles. The summed E-state index contributed by atoms with van der Waals surface area (Å²) < 4.78 is 18.4. The van der Waals surface area contributed by atoms with Crippen molar-refractivity contribution >= 4 is 87.5 Å². The third kappa shape index (κ3) is 8.58. The monoisotopic (exact) mass is 1200 g/mol. The van der Waals surface area contributed by atoms with Crippen molar-refractivity contribution in [2.45, 2.75) is 0 Å². The lowest BCUT2D eigenvalue weighted by Crippen LogP contribution is -2.06. The molecular weight excluding hydrogens is 1150 g/mol. The molecule has 0 amide bonds. The Morgan fingerprint density at radius 3 is 1.09 bits per heavy atom. The number of hydrogen-bond acceptors (Lipinski definition) is 8. The Bertz CT molecular complexity index is 5990. The van der Waals surface area contributed by atoms with Gasteiger partial charge in [-0.3, -0.25) is 0 Å². The molecule has 18 aromatic rings. The van der Waals surface area contributed by atoms with Gasteiger partial charge in [-0.15, -0.1) is 0 Å². The first-order valence-electron chi connectivity index (χ1n) is 30.9. The summed E-state index contributed by atoms with van der Waals surface area (Å²) in [6.45, 7) is 0. The first-order chi connectivity index (χ1) is 46.4. The van der Waals surface area contributed by atoms with Gasteiger partial charge in [-0.05, 0) is 166 Å². The van der Waals surface area contributed by atoms with Crippen molar-refractivity contribution in [3.8, 4) is 108 Å². The molecule has 0 fully saturated rings. The van der Waals surface area contributed by atoms with Crippen LogP contribution < -0.4 is 0 Å². The van der Waals surface area contributed by atoms with Crippen LogP contribution in [0.5, 0.6) is 0 Å². The lowest BCUT2D eigenvalue weighted by atomic mass is 9.99. The number of benzene rings is 13. The zero-order valence-electron chi connectivity index (χ0n) is 50.0. The highest BCUT2D eigenvalue weighted by molar-refractivity contribution is 6.26. The molecule has 94 heavy (non-hydrogen) atoms. The average molecular weight is 1200 g/mol. The van der Waals surface area contributed by atoms with Crippen LogP contribution in [0.4, 0.5) is 0 Å². The minimum absolute atomic E-state index is 0.350. The minimum Gasteiger partial charge on any atom is -0.455 e. The van der Waals surface area contributed by atoms with Crippen molar-refractivity contribution in [2.24, 2.45) is 0 Å². The Kier molecular flexibility index (Phi) is 12.2. The summed E-state index contributed by atoms with van der Waals surface area (Å²) in [5.74, 6) is 1.08. The van der Waals surface area contributed by atoms with E-state index in [0.29, 0.717) is 50.9 Å². The van der Waals surface area contributed by atoms with Gasteiger partial charge in [0.25, 0.3) is 0 Å². The molecular formula is C84H46N8O2. The Morgan fingerprint density at radius 2 is 0.628 bits per heavy atom. The van der Waals surface area contributed by atoms with Gasteiger partial charge < -0.3 is 18.0 Å². The number of furan rings is 2. The summed E-state index contributed by atoms with van der Waals surface area (Å²) >= 11 is 0. The fourth-order valence-corrected chi connectivity index (χ4v) is 13.9. The van der Waals surface area contributed by atoms with Crippen LogP contribution in [0.3, 0.4) is 0 Å². The molecule has 0 spiro atoms. The molecule has 434 valence electrons. The molecule has 0 N–H and O–H groups in total. The highest BCUT2D eigenvalue weighted by Gasteiger charge is 2.27. The van der Waals surface area contributed by atoms with Gasteiger partial charge in [0.2, 0.25) is 0 Å². The van der Waals surface area contributed by atoms with Crippen molar-refractivity contribution < 1.29 is 8.83 Å². The molecule has 18 rings (SSSR count). The van der Waals surface area contributed by atoms with E-state index in [2.05, 4.69) is 185 Å². The first-order valence-corrected chi connectivity index (χ1v) is 30.9. The Morgan fingerprint density at radius 1 is 0.266 bits per heavy atom. The predicted octanol–water partition coefficient (Wildman–Crippen LogP) is 21.1. The second-order valence-electron chi connectivity index (χ2n) is 23.6. The van der Waals surface area contributed by atoms with Crippen LogP contribution in [0, 0.1) is 34.0 Å². The Labute approximate surface area is 537 Å². The minimum atomic E-state index is 0.350. The van der Waals surface area contributed by atoms with Gasteiger partial charge in [-0.2, -0.15) is 15.8 Å². The summed E-state index contributed by atoms with van der Waals surface area (Å²) in [4.78, 5) is 16.7. The normalized spacial score (nSPS) is 11.6. The SMILES string of the molecule is N#Cc1cccc(-c2ccc(-c3nc(-c4cccc(C#N)c4)nc(-c4ccc(-c5cccc(C#N)c5)cc4-n4c5ccc(-c6ccccc6)cc5c5c6oc7ccccc7c6ccc54)n3)c(-n3c4ccc(-c5ccccc5)cc4c4c5oc6ccccc6c5ccc43)c2)c1. The average Bonchev–Trinajstić information content (AvgIpc) is 1.57. The van der Waals surface area contributed by atoms with Crippen LogP contribution in [-0.4, -0.2) is 24.1 Å². The van der Waals surface area contributed by atoms with Crippen molar-refractivity contribution in [1.82, 2.24) is 24.1 Å². The zero-order valence-corrected chi connectivity index (χ0v) is 50.0. The molecule has 0 unspecified atom stereocenters. The summed E-state index contributed by atoms with van der Waals surface area (Å²) in [6, 6.07) is 101. The van der Waals surface area contributed by atoms with E-state index in [0.717, 1.165) is 143 Å². The molecule has 0 bridgehead atoms. The quantitative estimate of drug-likeness (QED) is 0.139. The standard InChI is InChI=1S/C84H46N8O2/c85-47-50-14-11-21-55(40-50)59-28-32-66(74(45-59)91-70-36-30-57(53-17-3-1-4-18-53)43-68(70)78-72(91)38-34-64-62-24-7-9-26-76(62)93-80(64)78)83-88-82(61-23-13-16-52(42-61)49-87)89-84(90-83)67-33-29-60(56-22-12-15-51(41-56)48-86)46-75(67)92-71-37-31-58(54-19-5-2-6-20-54)44-69(71)79-73(92)39-35-65-63-25-8-10-27-77(63)94-81(65)79/h1-46H. The largest absolute Gasteiger partial charge is 0.455 e. The van der Waals surface area contributed by atoms with Gasteiger partial charge in [0.15, 0.2) is 17.5 Å². The van der Waals surface area contributed by atoms with Crippen molar-refractivity contribution in [1.29, 1.82) is 15.8 Å². The molecule has 10 nitrogen and oxygen atoms in total. The van der Waals surface area contributed by atoms with Crippen LogP contribution in [0.1, 0.15) is 16.7 Å². The van der Waals surface area contributed by atoms with E-state index in [1.165, 1.54) is 0 Å². The van der Waals surface area contributed by atoms with Crippen molar-refractivity contribution in [3.05, 3.63) is 296 Å². The molecule has 13 aromatic carbocycles. The van der Waals surface area contributed by atoms with Crippen LogP contribution in [0.2, 0.25) is 0 Å². The number of rotatable bonds is 9. The fraction of sp³-hybridized carbons (Fsp3) is 0. The number of nitriles is 3. The second kappa shape index (κ2) is 21.4. The highest BCUT2D eigenvalue weighted by Crippen LogP contribution is 2.47.